The molecule has 0 saturated heterocycles. The highest BCUT2D eigenvalue weighted by molar-refractivity contribution is 7.99. The molecule has 1 fully saturated rings. The lowest BCUT2D eigenvalue weighted by Crippen LogP contribution is -2.52. The van der Waals surface area contributed by atoms with Crippen molar-refractivity contribution in [2.45, 2.75) is 56.5 Å². The molecule has 0 aromatic heterocycles. The second-order valence-electron chi connectivity index (χ2n) is 9.44. The van der Waals surface area contributed by atoms with Crippen molar-refractivity contribution in [3.05, 3.63) is 106 Å². The van der Waals surface area contributed by atoms with E-state index in [0.29, 0.717) is 28.8 Å². The summed E-state index contributed by atoms with van der Waals surface area (Å²) < 4.78 is 0. The minimum Gasteiger partial charge on any atom is -0.352 e. The van der Waals surface area contributed by atoms with Crippen molar-refractivity contribution in [3.8, 4) is 0 Å². The maximum absolute atomic E-state index is 13.7. The largest absolute Gasteiger partial charge is 0.352 e. The second kappa shape index (κ2) is 13.9. The molecule has 1 atom stereocenters. The molecular weight excluding hydrogens is 523 g/mol. The van der Waals surface area contributed by atoms with Crippen LogP contribution >= 0.6 is 35.0 Å². The van der Waals surface area contributed by atoms with Crippen molar-refractivity contribution in [1.82, 2.24) is 10.2 Å². The number of benzene rings is 3. The van der Waals surface area contributed by atoms with Crippen LogP contribution in [0.1, 0.15) is 42.4 Å². The Bertz CT molecular complexity index is 1170. The van der Waals surface area contributed by atoms with Gasteiger partial charge in [-0.05, 0) is 41.7 Å². The number of nitrogens with zero attached hydrogens (tertiary/aromatic N) is 1. The van der Waals surface area contributed by atoms with Crippen molar-refractivity contribution < 1.29 is 9.59 Å². The van der Waals surface area contributed by atoms with Crippen LogP contribution in [0.15, 0.2) is 78.9 Å². The Morgan fingerprint density at radius 3 is 2.16 bits per heavy atom. The maximum atomic E-state index is 13.7. The van der Waals surface area contributed by atoms with E-state index in [0.717, 1.165) is 42.4 Å². The van der Waals surface area contributed by atoms with E-state index in [2.05, 4.69) is 5.32 Å². The summed E-state index contributed by atoms with van der Waals surface area (Å²) >= 11 is 13.7. The Labute approximate surface area is 233 Å². The number of nitrogens with one attached hydrogen (secondary N) is 1. The van der Waals surface area contributed by atoms with E-state index in [1.807, 2.05) is 72.8 Å². The summed E-state index contributed by atoms with van der Waals surface area (Å²) in [6, 6.07) is 24.9. The van der Waals surface area contributed by atoms with Crippen LogP contribution in [0.4, 0.5) is 0 Å². The van der Waals surface area contributed by atoms with Crippen LogP contribution in [0.25, 0.3) is 0 Å². The molecule has 0 spiro atoms. The second-order valence-corrected chi connectivity index (χ2v) is 11.2. The lowest BCUT2D eigenvalue weighted by Gasteiger charge is -2.32. The molecule has 1 aliphatic carbocycles. The Morgan fingerprint density at radius 2 is 1.51 bits per heavy atom. The molecule has 0 heterocycles. The third kappa shape index (κ3) is 8.26. The molecule has 0 bridgehead atoms. The summed E-state index contributed by atoms with van der Waals surface area (Å²) in [5.74, 6) is 0.750. The van der Waals surface area contributed by atoms with Gasteiger partial charge in [-0.25, -0.2) is 0 Å². The Kier molecular flexibility index (Phi) is 10.4. The lowest BCUT2D eigenvalue weighted by molar-refractivity contribution is -0.139. The van der Waals surface area contributed by atoms with Crippen LogP contribution in [0.3, 0.4) is 0 Å². The molecule has 4 nitrogen and oxygen atoms in total. The van der Waals surface area contributed by atoms with E-state index in [-0.39, 0.29) is 23.6 Å². The van der Waals surface area contributed by atoms with Gasteiger partial charge in [0.05, 0.1) is 15.8 Å². The highest BCUT2D eigenvalue weighted by atomic mass is 35.5. The standard InChI is InChI=1S/C30H32Cl2N2O2S/c31-26-16-15-24(17-27(26)32)20-37-21-29(35)34(19-23-11-5-2-6-12-23)28(18-22-9-3-1-4-10-22)30(36)33-25-13-7-8-14-25/h1-6,9-12,15-17,25,28H,7-8,13-14,18-21H2,(H,33,36). The number of rotatable bonds is 11. The van der Waals surface area contributed by atoms with E-state index in [4.69, 9.17) is 23.2 Å². The smallest absolute Gasteiger partial charge is 0.243 e. The van der Waals surface area contributed by atoms with Crippen molar-refractivity contribution >= 4 is 46.8 Å². The SMILES string of the molecule is O=C(NC1CCCC1)C(Cc1ccccc1)N(Cc1ccccc1)C(=O)CSCc1ccc(Cl)c(Cl)c1. The van der Waals surface area contributed by atoms with Crippen molar-refractivity contribution in [2.75, 3.05) is 5.75 Å². The molecule has 194 valence electrons. The number of carbonyl (C=O) groups is 2. The average Bonchev–Trinajstić information content (AvgIpc) is 3.42. The highest BCUT2D eigenvalue weighted by Crippen LogP contribution is 2.25. The molecular formula is C30H32Cl2N2O2S. The summed E-state index contributed by atoms with van der Waals surface area (Å²) in [5, 5.41) is 4.26. The summed E-state index contributed by atoms with van der Waals surface area (Å²) in [7, 11) is 0. The Balaban J connectivity index is 1.54. The lowest BCUT2D eigenvalue weighted by atomic mass is 10.0. The average molecular weight is 556 g/mol. The molecule has 1 unspecified atom stereocenters. The van der Waals surface area contributed by atoms with Gasteiger partial charge in [0.15, 0.2) is 0 Å². The zero-order valence-electron chi connectivity index (χ0n) is 20.7. The van der Waals surface area contributed by atoms with Crippen LogP contribution in [0.2, 0.25) is 10.0 Å². The zero-order chi connectivity index (χ0) is 26.0. The fraction of sp³-hybridized carbons (Fsp3) is 0.333. The number of amides is 2. The first-order valence-electron chi connectivity index (χ1n) is 12.7. The van der Waals surface area contributed by atoms with Gasteiger partial charge in [0.1, 0.15) is 6.04 Å². The molecule has 1 N–H and O–H groups in total. The Morgan fingerprint density at radius 1 is 0.865 bits per heavy atom. The topological polar surface area (TPSA) is 49.4 Å². The van der Waals surface area contributed by atoms with Gasteiger partial charge in [0, 0.05) is 24.8 Å². The van der Waals surface area contributed by atoms with Crippen LogP contribution in [0.5, 0.6) is 0 Å². The molecule has 1 aliphatic rings. The molecule has 1 saturated carbocycles. The van der Waals surface area contributed by atoms with Crippen molar-refractivity contribution in [1.29, 1.82) is 0 Å². The van der Waals surface area contributed by atoms with E-state index < -0.39 is 6.04 Å². The monoisotopic (exact) mass is 554 g/mol. The molecule has 4 rings (SSSR count). The van der Waals surface area contributed by atoms with Crippen molar-refractivity contribution in [3.63, 3.8) is 0 Å². The fourth-order valence-corrected chi connectivity index (χ4v) is 5.85. The molecule has 3 aromatic carbocycles. The molecule has 0 radical (unpaired) electrons. The van der Waals surface area contributed by atoms with Gasteiger partial charge >= 0.3 is 0 Å². The van der Waals surface area contributed by atoms with Crippen LogP contribution in [-0.4, -0.2) is 34.6 Å². The summed E-state index contributed by atoms with van der Waals surface area (Å²) in [4.78, 5) is 29.1. The van der Waals surface area contributed by atoms with E-state index >= 15 is 0 Å². The van der Waals surface area contributed by atoms with Gasteiger partial charge < -0.3 is 10.2 Å². The van der Waals surface area contributed by atoms with Gasteiger partial charge in [-0.3, -0.25) is 9.59 Å². The van der Waals surface area contributed by atoms with Crippen LogP contribution < -0.4 is 5.32 Å². The number of hydrogen-bond donors (Lipinski definition) is 1. The predicted molar refractivity (Wildman–Crippen MR) is 154 cm³/mol. The van der Waals surface area contributed by atoms with Crippen LogP contribution in [-0.2, 0) is 28.3 Å². The third-order valence-electron chi connectivity index (χ3n) is 6.65. The highest BCUT2D eigenvalue weighted by Gasteiger charge is 2.32. The number of carbonyl (C=O) groups excluding carboxylic acids is 2. The minimum atomic E-state index is -0.596. The van der Waals surface area contributed by atoms with E-state index in [1.165, 1.54) is 11.8 Å². The number of hydrogen-bond acceptors (Lipinski definition) is 3. The third-order valence-corrected chi connectivity index (χ3v) is 8.37. The number of halogens is 2. The summed E-state index contributed by atoms with van der Waals surface area (Å²) in [5.41, 5.74) is 3.03. The van der Waals surface area contributed by atoms with Gasteiger partial charge in [-0.2, -0.15) is 0 Å². The van der Waals surface area contributed by atoms with Gasteiger partial charge in [-0.15, -0.1) is 11.8 Å². The van der Waals surface area contributed by atoms with Crippen LogP contribution in [0, 0.1) is 0 Å². The first-order chi connectivity index (χ1) is 18.0. The predicted octanol–water partition coefficient (Wildman–Crippen LogP) is 6.93. The van der Waals surface area contributed by atoms with E-state index in [9.17, 15) is 9.59 Å². The summed E-state index contributed by atoms with van der Waals surface area (Å²) in [6.07, 6.45) is 4.72. The Hall–Kier alpha value is -2.47. The zero-order valence-corrected chi connectivity index (χ0v) is 23.1. The van der Waals surface area contributed by atoms with Gasteiger partial charge in [0.25, 0.3) is 0 Å². The minimum absolute atomic E-state index is 0.0589. The van der Waals surface area contributed by atoms with E-state index in [1.54, 1.807) is 11.0 Å². The molecule has 37 heavy (non-hydrogen) atoms. The van der Waals surface area contributed by atoms with Crippen molar-refractivity contribution in [2.24, 2.45) is 0 Å². The normalized spacial score (nSPS) is 14.3. The fourth-order valence-electron chi connectivity index (χ4n) is 4.67. The molecule has 2 amide bonds. The molecule has 3 aromatic rings. The van der Waals surface area contributed by atoms with Gasteiger partial charge in [-0.1, -0.05) is 103 Å². The first-order valence-corrected chi connectivity index (χ1v) is 14.6. The maximum Gasteiger partial charge on any atom is 0.243 e. The first kappa shape index (κ1) is 27.6. The number of thioether (sulfide) groups is 1. The van der Waals surface area contributed by atoms with Gasteiger partial charge in [0.2, 0.25) is 11.8 Å². The molecule has 7 heteroatoms. The summed E-state index contributed by atoms with van der Waals surface area (Å²) in [6.45, 7) is 0.378. The molecule has 0 aliphatic heterocycles. The quantitative estimate of drug-likeness (QED) is 0.279.